The van der Waals surface area contributed by atoms with E-state index in [-0.39, 0.29) is 28.6 Å². The van der Waals surface area contributed by atoms with Gasteiger partial charge >= 0.3 is 0 Å². The number of nitrogens with one attached hydrogen (secondary N) is 1. The van der Waals surface area contributed by atoms with E-state index in [1.165, 1.54) is 40.7 Å². The summed E-state index contributed by atoms with van der Waals surface area (Å²) in [5, 5.41) is 12.0. The first-order valence-corrected chi connectivity index (χ1v) is 10.1. The Morgan fingerprint density at radius 1 is 1.19 bits per heavy atom. The van der Waals surface area contributed by atoms with Gasteiger partial charge in [-0.25, -0.2) is 12.8 Å². The molecule has 0 saturated carbocycles. The maximum Gasteiger partial charge on any atom is 0.255 e. The number of aliphatic hydroxyl groups excluding tert-OH is 1. The van der Waals surface area contributed by atoms with E-state index in [1.807, 2.05) is 0 Å². The van der Waals surface area contributed by atoms with E-state index in [0.717, 1.165) is 6.07 Å². The average molecular weight is 413 g/mol. The van der Waals surface area contributed by atoms with E-state index in [0.29, 0.717) is 18.5 Å². The van der Waals surface area contributed by atoms with Crippen LogP contribution in [-0.2, 0) is 10.0 Å². The predicted molar refractivity (Wildman–Crippen MR) is 99.8 cm³/mol. The fourth-order valence-electron chi connectivity index (χ4n) is 2.81. The van der Waals surface area contributed by atoms with Crippen molar-refractivity contribution in [2.75, 3.05) is 18.4 Å². The minimum atomic E-state index is -3.76. The summed E-state index contributed by atoms with van der Waals surface area (Å²) >= 11 is 5.70. The number of anilines is 1. The molecule has 144 valence electrons. The Kier molecular flexibility index (Phi) is 5.81. The molecule has 0 unspecified atom stereocenters. The lowest BCUT2D eigenvalue weighted by Crippen LogP contribution is -2.40. The Bertz CT molecular complexity index is 960. The molecule has 2 N–H and O–H groups in total. The molecule has 0 spiro atoms. The van der Waals surface area contributed by atoms with Crippen LogP contribution < -0.4 is 5.32 Å². The summed E-state index contributed by atoms with van der Waals surface area (Å²) in [5.74, 6) is -1.14. The van der Waals surface area contributed by atoms with Crippen molar-refractivity contribution in [3.63, 3.8) is 0 Å². The lowest BCUT2D eigenvalue weighted by molar-refractivity contribution is 0.102. The first kappa shape index (κ1) is 19.8. The second-order valence-electron chi connectivity index (χ2n) is 6.25. The summed E-state index contributed by atoms with van der Waals surface area (Å²) in [7, 11) is -3.76. The van der Waals surface area contributed by atoms with Crippen LogP contribution in [0.1, 0.15) is 23.2 Å². The molecule has 9 heteroatoms. The van der Waals surface area contributed by atoms with Gasteiger partial charge in [-0.1, -0.05) is 17.7 Å². The SMILES string of the molecule is O=C(Nc1ccc(F)c(Cl)c1)c1cccc(S(=O)(=O)N2CCC(O)CC2)c1. The van der Waals surface area contributed by atoms with E-state index in [1.54, 1.807) is 0 Å². The molecule has 2 aromatic rings. The van der Waals surface area contributed by atoms with Crippen LogP contribution in [0.3, 0.4) is 0 Å². The van der Waals surface area contributed by atoms with Gasteiger partial charge in [-0.3, -0.25) is 4.79 Å². The van der Waals surface area contributed by atoms with E-state index >= 15 is 0 Å². The molecule has 1 saturated heterocycles. The zero-order valence-electron chi connectivity index (χ0n) is 14.2. The first-order valence-electron chi connectivity index (χ1n) is 8.32. The van der Waals surface area contributed by atoms with Gasteiger partial charge < -0.3 is 10.4 Å². The topological polar surface area (TPSA) is 86.7 Å². The standard InChI is InChI=1S/C18H18ClFN2O4S/c19-16-11-13(4-5-17(16)20)21-18(24)12-2-1-3-15(10-12)27(25,26)22-8-6-14(23)7-9-22/h1-5,10-11,14,23H,6-9H2,(H,21,24). The average Bonchev–Trinajstić information content (AvgIpc) is 2.65. The molecule has 0 radical (unpaired) electrons. The first-order chi connectivity index (χ1) is 12.8. The van der Waals surface area contributed by atoms with Crippen LogP contribution >= 0.6 is 11.6 Å². The monoisotopic (exact) mass is 412 g/mol. The number of halogens is 2. The Morgan fingerprint density at radius 2 is 1.89 bits per heavy atom. The van der Waals surface area contributed by atoms with E-state index in [4.69, 9.17) is 11.6 Å². The van der Waals surface area contributed by atoms with Gasteiger partial charge in [-0.15, -0.1) is 0 Å². The number of nitrogens with zero attached hydrogens (tertiary/aromatic N) is 1. The van der Waals surface area contributed by atoms with Gasteiger partial charge in [0.2, 0.25) is 10.0 Å². The maximum absolute atomic E-state index is 13.2. The highest BCUT2D eigenvalue weighted by molar-refractivity contribution is 7.89. The number of piperidine rings is 1. The quantitative estimate of drug-likeness (QED) is 0.808. The zero-order chi connectivity index (χ0) is 19.6. The van der Waals surface area contributed by atoms with Crippen molar-refractivity contribution in [1.82, 2.24) is 4.31 Å². The molecule has 6 nitrogen and oxygen atoms in total. The molecule has 3 rings (SSSR count). The van der Waals surface area contributed by atoms with Crippen molar-refractivity contribution in [2.45, 2.75) is 23.8 Å². The minimum Gasteiger partial charge on any atom is -0.393 e. The molecule has 2 aromatic carbocycles. The molecule has 1 heterocycles. The van der Waals surface area contributed by atoms with E-state index < -0.39 is 27.9 Å². The summed E-state index contributed by atoms with van der Waals surface area (Å²) in [4.78, 5) is 12.4. The van der Waals surface area contributed by atoms with Gasteiger partial charge in [-0.05, 0) is 49.2 Å². The lowest BCUT2D eigenvalue weighted by Gasteiger charge is -2.28. The van der Waals surface area contributed by atoms with Crippen LogP contribution in [0.5, 0.6) is 0 Å². The second-order valence-corrected chi connectivity index (χ2v) is 8.59. The van der Waals surface area contributed by atoms with E-state index in [9.17, 15) is 22.7 Å². The van der Waals surface area contributed by atoms with Gasteiger partial charge in [-0.2, -0.15) is 4.31 Å². The van der Waals surface area contributed by atoms with Crippen LogP contribution in [0.25, 0.3) is 0 Å². The van der Waals surface area contributed by atoms with Gasteiger partial charge in [0.1, 0.15) is 5.82 Å². The minimum absolute atomic E-state index is 0.00341. The summed E-state index contributed by atoms with van der Waals surface area (Å²) in [6, 6.07) is 9.45. The van der Waals surface area contributed by atoms with Gasteiger partial charge in [0.05, 0.1) is 16.0 Å². The lowest BCUT2D eigenvalue weighted by atomic mass is 10.1. The number of carbonyl (C=O) groups excluding carboxylic acids is 1. The summed E-state index contributed by atoms with van der Waals surface area (Å²) in [6.07, 6.45) is 0.270. The molecule has 1 amide bonds. The highest BCUT2D eigenvalue weighted by Crippen LogP contribution is 2.23. The van der Waals surface area contributed by atoms with Crippen LogP contribution in [0.2, 0.25) is 5.02 Å². The summed E-state index contributed by atoms with van der Waals surface area (Å²) in [6.45, 7) is 0.460. The number of rotatable bonds is 4. The van der Waals surface area contributed by atoms with Crippen molar-refractivity contribution in [2.24, 2.45) is 0 Å². The number of carbonyl (C=O) groups is 1. The molecule has 0 aromatic heterocycles. The zero-order valence-corrected chi connectivity index (χ0v) is 15.8. The molecule has 0 atom stereocenters. The summed E-state index contributed by atoms with van der Waals surface area (Å²) < 4.78 is 40.0. The number of amides is 1. The third-order valence-corrected chi connectivity index (χ3v) is 6.52. The van der Waals surface area contributed by atoms with Crippen molar-refractivity contribution in [3.8, 4) is 0 Å². The maximum atomic E-state index is 13.2. The molecular formula is C18H18ClFN2O4S. The highest BCUT2D eigenvalue weighted by atomic mass is 35.5. The van der Waals surface area contributed by atoms with Crippen LogP contribution in [-0.4, -0.2) is 42.9 Å². The van der Waals surface area contributed by atoms with Gasteiger partial charge in [0.15, 0.2) is 0 Å². The second kappa shape index (κ2) is 7.93. The molecule has 0 aliphatic carbocycles. The fraction of sp³-hybridized carbons (Fsp3) is 0.278. The van der Waals surface area contributed by atoms with Gasteiger partial charge in [0.25, 0.3) is 5.91 Å². The molecule has 1 aliphatic heterocycles. The van der Waals surface area contributed by atoms with Crippen molar-refractivity contribution < 1.29 is 22.7 Å². The summed E-state index contributed by atoms with van der Waals surface area (Å²) in [5.41, 5.74) is 0.443. The Labute approximate surface area is 161 Å². The Morgan fingerprint density at radius 3 is 2.56 bits per heavy atom. The fourth-order valence-corrected chi connectivity index (χ4v) is 4.50. The predicted octanol–water partition coefficient (Wildman–Crippen LogP) is 2.88. The van der Waals surface area contributed by atoms with Gasteiger partial charge in [0, 0.05) is 24.3 Å². The van der Waals surface area contributed by atoms with Crippen molar-refractivity contribution in [3.05, 3.63) is 58.9 Å². The highest BCUT2D eigenvalue weighted by Gasteiger charge is 2.29. The third-order valence-electron chi connectivity index (χ3n) is 4.33. The molecule has 27 heavy (non-hydrogen) atoms. The van der Waals surface area contributed by atoms with Crippen LogP contribution in [0.4, 0.5) is 10.1 Å². The van der Waals surface area contributed by atoms with Crippen molar-refractivity contribution in [1.29, 1.82) is 0 Å². The van der Waals surface area contributed by atoms with Crippen LogP contribution in [0.15, 0.2) is 47.4 Å². The number of benzene rings is 2. The van der Waals surface area contributed by atoms with E-state index in [2.05, 4.69) is 5.32 Å². The number of aliphatic hydroxyl groups is 1. The normalized spacial score (nSPS) is 16.3. The molecule has 1 aliphatic rings. The Balaban J connectivity index is 1.80. The van der Waals surface area contributed by atoms with Crippen LogP contribution in [0, 0.1) is 5.82 Å². The Hall–Kier alpha value is -2.00. The smallest absolute Gasteiger partial charge is 0.255 e. The largest absolute Gasteiger partial charge is 0.393 e. The third kappa shape index (κ3) is 4.47. The number of hydrogen-bond acceptors (Lipinski definition) is 4. The van der Waals surface area contributed by atoms with Crippen molar-refractivity contribution >= 4 is 33.2 Å². The molecular weight excluding hydrogens is 395 g/mol. The molecule has 1 fully saturated rings. The number of hydrogen-bond donors (Lipinski definition) is 2. The number of sulfonamides is 1. The molecule has 0 bridgehead atoms.